The highest BCUT2D eigenvalue weighted by Gasteiger charge is 2.30. The highest BCUT2D eigenvalue weighted by molar-refractivity contribution is 9.10. The molecule has 3 heterocycles. The first kappa shape index (κ1) is 22.9. The van der Waals surface area contributed by atoms with Crippen molar-refractivity contribution in [3.8, 4) is 11.3 Å². The Morgan fingerprint density at radius 1 is 1.09 bits per heavy atom. The minimum absolute atomic E-state index is 0.0676. The van der Waals surface area contributed by atoms with Crippen LogP contribution in [0.25, 0.3) is 16.9 Å². The van der Waals surface area contributed by atoms with Crippen molar-refractivity contribution in [2.75, 3.05) is 18.4 Å². The van der Waals surface area contributed by atoms with Gasteiger partial charge in [0.2, 0.25) is 10.0 Å². The molecule has 0 saturated carbocycles. The molecular weight excluding hydrogens is 521 g/mol. The van der Waals surface area contributed by atoms with Gasteiger partial charge in [0.15, 0.2) is 5.65 Å². The van der Waals surface area contributed by atoms with E-state index in [0.717, 1.165) is 27.1 Å². The van der Waals surface area contributed by atoms with Gasteiger partial charge in [-0.15, -0.1) is 0 Å². The lowest BCUT2D eigenvalue weighted by Gasteiger charge is -2.32. The van der Waals surface area contributed by atoms with Crippen molar-refractivity contribution in [3.05, 3.63) is 76.6 Å². The average Bonchev–Trinajstić information content (AvgIpc) is 3.21. The van der Waals surface area contributed by atoms with Crippen molar-refractivity contribution in [1.29, 1.82) is 0 Å². The number of fused-ring (bicyclic) bond motifs is 1. The number of nitrogens with zero attached hydrogens (tertiary/aromatic N) is 4. The molecule has 0 unspecified atom stereocenters. The molecule has 1 aliphatic rings. The molecule has 4 aromatic rings. The fourth-order valence-corrected chi connectivity index (χ4v) is 6.06. The Bertz CT molecular complexity index is 1450. The molecule has 1 fully saturated rings. The van der Waals surface area contributed by atoms with E-state index in [4.69, 9.17) is 4.98 Å². The summed E-state index contributed by atoms with van der Waals surface area (Å²) in [6.07, 6.45) is 2.98. The molecule has 10 heteroatoms. The number of halogens is 2. The number of sulfonamides is 1. The maximum Gasteiger partial charge on any atom is 0.243 e. The van der Waals surface area contributed by atoms with Crippen LogP contribution < -0.4 is 5.32 Å². The molecule has 176 valence electrons. The Morgan fingerprint density at radius 3 is 2.50 bits per heavy atom. The summed E-state index contributed by atoms with van der Waals surface area (Å²) in [6, 6.07) is 15.1. The number of aryl methyl sites for hydroxylation is 1. The monoisotopic (exact) mass is 543 g/mol. The number of aromatic nitrogens is 3. The van der Waals surface area contributed by atoms with Gasteiger partial charge in [0, 0.05) is 30.8 Å². The molecule has 0 aliphatic carbocycles. The van der Waals surface area contributed by atoms with Crippen LogP contribution in [0.1, 0.15) is 18.4 Å². The fraction of sp³-hybridized carbons (Fsp3) is 0.250. The molecule has 2 aromatic heterocycles. The molecule has 0 atom stereocenters. The first-order valence-corrected chi connectivity index (χ1v) is 13.2. The summed E-state index contributed by atoms with van der Waals surface area (Å²) in [5, 5.41) is 8.00. The quantitative estimate of drug-likeness (QED) is 0.388. The van der Waals surface area contributed by atoms with Gasteiger partial charge in [0.25, 0.3) is 0 Å². The second-order valence-corrected chi connectivity index (χ2v) is 11.1. The van der Waals surface area contributed by atoms with E-state index in [-0.39, 0.29) is 10.9 Å². The van der Waals surface area contributed by atoms with Gasteiger partial charge in [-0.2, -0.15) is 13.9 Å². The van der Waals surface area contributed by atoms with Crippen LogP contribution in [0, 0.1) is 12.7 Å². The van der Waals surface area contributed by atoms with Gasteiger partial charge in [-0.3, -0.25) is 0 Å². The van der Waals surface area contributed by atoms with E-state index >= 15 is 0 Å². The summed E-state index contributed by atoms with van der Waals surface area (Å²) in [6.45, 7) is 2.80. The van der Waals surface area contributed by atoms with Crippen molar-refractivity contribution >= 4 is 37.4 Å². The highest BCUT2D eigenvalue weighted by Crippen LogP contribution is 2.29. The van der Waals surface area contributed by atoms with Gasteiger partial charge >= 0.3 is 0 Å². The predicted octanol–water partition coefficient (Wildman–Crippen LogP) is 4.87. The number of benzene rings is 2. The van der Waals surface area contributed by atoms with Gasteiger partial charge < -0.3 is 5.32 Å². The molecule has 7 nitrogen and oxygen atoms in total. The lowest BCUT2D eigenvalue weighted by Crippen LogP contribution is -2.42. The largest absolute Gasteiger partial charge is 0.367 e. The zero-order valence-corrected chi connectivity index (χ0v) is 20.9. The van der Waals surface area contributed by atoms with Crippen LogP contribution in [0.5, 0.6) is 0 Å². The molecule has 34 heavy (non-hydrogen) atoms. The van der Waals surface area contributed by atoms with E-state index in [9.17, 15) is 12.8 Å². The number of nitrogens with one attached hydrogen (secondary N) is 1. The zero-order valence-electron chi connectivity index (χ0n) is 18.4. The highest BCUT2D eigenvalue weighted by atomic mass is 79.9. The van der Waals surface area contributed by atoms with E-state index in [0.29, 0.717) is 31.6 Å². The van der Waals surface area contributed by atoms with Gasteiger partial charge in [0.05, 0.1) is 21.3 Å². The Hall–Kier alpha value is -2.82. The Morgan fingerprint density at radius 2 is 1.79 bits per heavy atom. The number of hydrogen-bond acceptors (Lipinski definition) is 5. The first-order chi connectivity index (χ1) is 16.3. The van der Waals surface area contributed by atoms with E-state index in [1.54, 1.807) is 10.7 Å². The van der Waals surface area contributed by atoms with Crippen LogP contribution >= 0.6 is 15.9 Å². The van der Waals surface area contributed by atoms with Crippen LogP contribution in [0.2, 0.25) is 0 Å². The number of hydrogen-bond donors (Lipinski definition) is 1. The van der Waals surface area contributed by atoms with Crippen LogP contribution in [-0.4, -0.2) is 46.5 Å². The third-order valence-electron chi connectivity index (χ3n) is 6.11. The minimum atomic E-state index is -3.65. The molecule has 0 bridgehead atoms. The molecule has 1 aliphatic heterocycles. The maximum absolute atomic E-state index is 13.2. The average molecular weight is 544 g/mol. The summed E-state index contributed by atoms with van der Waals surface area (Å²) in [4.78, 5) is 4.91. The molecular formula is C24H23BrFN5O2S. The third-order valence-corrected chi connectivity index (χ3v) is 8.58. The van der Waals surface area contributed by atoms with Crippen molar-refractivity contribution in [2.45, 2.75) is 30.7 Å². The van der Waals surface area contributed by atoms with E-state index in [2.05, 4.69) is 39.3 Å². The van der Waals surface area contributed by atoms with Crippen LogP contribution in [-0.2, 0) is 10.0 Å². The Balaban J connectivity index is 1.37. The fourth-order valence-electron chi connectivity index (χ4n) is 4.24. The summed E-state index contributed by atoms with van der Waals surface area (Å²) < 4.78 is 43.1. The van der Waals surface area contributed by atoms with E-state index in [1.807, 2.05) is 24.3 Å². The lowest BCUT2D eigenvalue weighted by molar-refractivity contribution is 0.329. The van der Waals surface area contributed by atoms with Gasteiger partial charge in [-0.25, -0.2) is 17.8 Å². The second-order valence-electron chi connectivity index (χ2n) is 8.35. The SMILES string of the molecule is Cc1ccccc1-c1cc(NC2CCN(S(=O)(=O)c3ccc(F)cc3)CC2)n2ncc(Br)c2n1. The molecule has 2 aromatic carbocycles. The minimum Gasteiger partial charge on any atom is -0.367 e. The molecule has 1 saturated heterocycles. The molecule has 5 rings (SSSR count). The topological polar surface area (TPSA) is 79.6 Å². The number of rotatable bonds is 5. The van der Waals surface area contributed by atoms with Gasteiger partial charge in [-0.1, -0.05) is 24.3 Å². The van der Waals surface area contributed by atoms with E-state index < -0.39 is 15.8 Å². The molecule has 0 radical (unpaired) electrons. The molecule has 0 amide bonds. The maximum atomic E-state index is 13.2. The third kappa shape index (κ3) is 4.33. The normalized spacial score (nSPS) is 15.6. The Kier molecular flexibility index (Phi) is 6.13. The predicted molar refractivity (Wildman–Crippen MR) is 133 cm³/mol. The van der Waals surface area contributed by atoms with Crippen LogP contribution in [0.15, 0.2) is 70.2 Å². The summed E-state index contributed by atoms with van der Waals surface area (Å²) in [5.74, 6) is 0.342. The van der Waals surface area contributed by atoms with Crippen molar-refractivity contribution in [1.82, 2.24) is 18.9 Å². The number of anilines is 1. The summed E-state index contributed by atoms with van der Waals surface area (Å²) >= 11 is 3.54. The summed E-state index contributed by atoms with van der Waals surface area (Å²) in [5.41, 5.74) is 3.71. The Labute approximate surface area is 205 Å². The first-order valence-electron chi connectivity index (χ1n) is 11.0. The van der Waals surface area contributed by atoms with Gasteiger partial charge in [0.1, 0.15) is 11.6 Å². The lowest BCUT2D eigenvalue weighted by atomic mass is 10.0. The van der Waals surface area contributed by atoms with Crippen LogP contribution in [0.4, 0.5) is 10.2 Å². The van der Waals surface area contributed by atoms with Crippen LogP contribution in [0.3, 0.4) is 0 Å². The second kappa shape index (κ2) is 9.09. The number of piperidine rings is 1. The van der Waals surface area contributed by atoms with Gasteiger partial charge in [-0.05, 0) is 65.5 Å². The zero-order chi connectivity index (χ0) is 23.9. The molecule has 0 spiro atoms. The van der Waals surface area contributed by atoms with E-state index in [1.165, 1.54) is 28.6 Å². The smallest absolute Gasteiger partial charge is 0.243 e. The van der Waals surface area contributed by atoms with Crippen molar-refractivity contribution < 1.29 is 12.8 Å². The van der Waals surface area contributed by atoms with Crippen molar-refractivity contribution in [3.63, 3.8) is 0 Å². The summed E-state index contributed by atoms with van der Waals surface area (Å²) in [7, 11) is -3.65. The molecule has 1 N–H and O–H groups in total. The standard InChI is InChI=1S/C24H23BrFN5O2S/c1-16-4-2-3-5-20(16)22-14-23(31-24(29-22)21(25)15-27-31)28-18-10-12-30(13-11-18)34(32,33)19-8-6-17(26)7-9-19/h2-9,14-15,18,28H,10-13H2,1H3. The van der Waals surface area contributed by atoms with Crippen molar-refractivity contribution in [2.24, 2.45) is 0 Å².